The first-order valence-electron chi connectivity index (χ1n) is 15.6. The van der Waals surface area contributed by atoms with E-state index in [4.69, 9.17) is 23.7 Å². The van der Waals surface area contributed by atoms with Gasteiger partial charge in [0.2, 0.25) is 0 Å². The fourth-order valence-corrected chi connectivity index (χ4v) is 5.04. The van der Waals surface area contributed by atoms with E-state index in [1.165, 1.54) is 6.92 Å². The van der Waals surface area contributed by atoms with Gasteiger partial charge in [-0.15, -0.1) is 11.8 Å². The second kappa shape index (κ2) is 22.7. The summed E-state index contributed by atoms with van der Waals surface area (Å²) in [5.41, 5.74) is -0.754. The van der Waals surface area contributed by atoms with Gasteiger partial charge in [0.1, 0.15) is 24.6 Å². The van der Waals surface area contributed by atoms with E-state index in [2.05, 4.69) is 25.7 Å². The minimum absolute atomic E-state index is 0.0321. The van der Waals surface area contributed by atoms with Crippen molar-refractivity contribution in [3.63, 3.8) is 0 Å². The number of thioether (sulfide) groups is 1. The molecule has 2 unspecified atom stereocenters. The zero-order valence-electron chi connectivity index (χ0n) is 27.9. The fourth-order valence-electron chi connectivity index (χ4n) is 3.92. The normalized spacial score (nSPS) is 13.6. The molecule has 0 saturated heterocycles. The highest BCUT2D eigenvalue weighted by molar-refractivity contribution is 8.02. The maximum atomic E-state index is 13.4. The lowest BCUT2D eigenvalue weighted by atomic mass is 9.78. The van der Waals surface area contributed by atoms with Gasteiger partial charge in [-0.2, -0.15) is 0 Å². The van der Waals surface area contributed by atoms with Crippen LogP contribution in [0.2, 0.25) is 0 Å². The smallest absolute Gasteiger partial charge is 0.407 e. The van der Waals surface area contributed by atoms with Crippen LogP contribution in [0.1, 0.15) is 99.8 Å². The maximum absolute atomic E-state index is 13.4. The first-order chi connectivity index (χ1) is 20.7. The molecule has 12 heteroatoms. The standard InChI is InChI=1S/C32H55NO10S/c1-9-11-17-41-28(36)31(7,10-2)23-32(8,44-22-26(34)39-18-14-12-13-15-24(3)4)29(37)42-20-21-43-30(38)33-16-19-40-27(35)25(5)6/h24H,5,9-23H2,1-4,6-8H3,(H,33,38). The highest BCUT2D eigenvalue weighted by atomic mass is 32.2. The zero-order valence-corrected chi connectivity index (χ0v) is 28.7. The van der Waals surface area contributed by atoms with Crippen LogP contribution in [-0.2, 0) is 42.9 Å². The van der Waals surface area contributed by atoms with Crippen LogP contribution in [0, 0.1) is 11.3 Å². The van der Waals surface area contributed by atoms with Crippen LogP contribution in [0.15, 0.2) is 12.2 Å². The molecule has 0 bridgehead atoms. The Morgan fingerprint density at radius 2 is 1.43 bits per heavy atom. The first-order valence-corrected chi connectivity index (χ1v) is 16.6. The molecule has 0 saturated carbocycles. The van der Waals surface area contributed by atoms with E-state index in [0.717, 1.165) is 50.3 Å². The molecule has 254 valence electrons. The number of hydrogen-bond donors (Lipinski definition) is 1. The lowest BCUT2D eigenvalue weighted by Crippen LogP contribution is -2.44. The maximum Gasteiger partial charge on any atom is 0.407 e. The molecule has 1 amide bonds. The van der Waals surface area contributed by atoms with E-state index < -0.39 is 40.1 Å². The van der Waals surface area contributed by atoms with E-state index in [1.54, 1.807) is 13.8 Å². The summed E-state index contributed by atoms with van der Waals surface area (Å²) in [6.45, 7) is 16.7. The average molecular weight is 646 g/mol. The molecule has 0 rings (SSSR count). The lowest BCUT2D eigenvalue weighted by Gasteiger charge is -2.35. The Morgan fingerprint density at radius 1 is 0.795 bits per heavy atom. The molecule has 1 N–H and O–H groups in total. The van der Waals surface area contributed by atoms with Crippen LogP contribution in [0.25, 0.3) is 0 Å². The van der Waals surface area contributed by atoms with Gasteiger partial charge in [-0.05, 0) is 52.4 Å². The summed E-state index contributed by atoms with van der Waals surface area (Å²) in [5.74, 6) is -1.54. The summed E-state index contributed by atoms with van der Waals surface area (Å²) in [7, 11) is 0. The van der Waals surface area contributed by atoms with Gasteiger partial charge in [0, 0.05) is 5.57 Å². The minimum Gasteiger partial charge on any atom is -0.465 e. The van der Waals surface area contributed by atoms with Crippen LogP contribution in [0.3, 0.4) is 0 Å². The van der Waals surface area contributed by atoms with Gasteiger partial charge in [-0.1, -0.05) is 60.0 Å². The van der Waals surface area contributed by atoms with Gasteiger partial charge in [0.05, 0.1) is 30.9 Å². The summed E-state index contributed by atoms with van der Waals surface area (Å²) in [5, 5.41) is 2.42. The average Bonchev–Trinajstić information content (AvgIpc) is 2.97. The third-order valence-corrected chi connectivity index (χ3v) is 8.19. The molecule has 0 fully saturated rings. The van der Waals surface area contributed by atoms with Crippen LogP contribution >= 0.6 is 11.8 Å². The Bertz CT molecular complexity index is 925. The second-order valence-corrected chi connectivity index (χ2v) is 13.2. The molecule has 2 atom stereocenters. The minimum atomic E-state index is -1.29. The third kappa shape index (κ3) is 18.1. The molecule has 0 aliphatic carbocycles. The molecular formula is C32H55NO10S. The Balaban J connectivity index is 5.12. The van der Waals surface area contributed by atoms with Crippen molar-refractivity contribution in [2.45, 2.75) is 105 Å². The van der Waals surface area contributed by atoms with Crippen molar-refractivity contribution in [1.82, 2.24) is 5.32 Å². The van der Waals surface area contributed by atoms with E-state index in [-0.39, 0.29) is 44.1 Å². The van der Waals surface area contributed by atoms with Crippen LogP contribution in [0.4, 0.5) is 4.79 Å². The van der Waals surface area contributed by atoms with Crippen molar-refractivity contribution in [3.8, 4) is 0 Å². The van der Waals surface area contributed by atoms with Crippen molar-refractivity contribution in [2.24, 2.45) is 11.3 Å². The monoisotopic (exact) mass is 645 g/mol. The Morgan fingerprint density at radius 3 is 2.05 bits per heavy atom. The number of esters is 4. The SMILES string of the molecule is C=C(C)C(=O)OCCNC(=O)OCCOC(=O)C(C)(CC(C)(CC)C(=O)OCCCC)SCC(=O)OCCCCCC(C)C. The molecule has 0 aromatic heterocycles. The van der Waals surface area contributed by atoms with Crippen molar-refractivity contribution in [2.75, 3.05) is 45.3 Å². The zero-order chi connectivity index (χ0) is 33.6. The first kappa shape index (κ1) is 41.2. The molecule has 0 spiro atoms. The van der Waals surface area contributed by atoms with E-state index in [9.17, 15) is 24.0 Å². The molecule has 44 heavy (non-hydrogen) atoms. The summed E-state index contributed by atoms with van der Waals surface area (Å²) in [6, 6.07) is 0. The van der Waals surface area contributed by atoms with Gasteiger partial charge >= 0.3 is 30.0 Å². The van der Waals surface area contributed by atoms with Gasteiger partial charge < -0.3 is 29.0 Å². The van der Waals surface area contributed by atoms with Crippen molar-refractivity contribution >= 4 is 41.7 Å². The van der Waals surface area contributed by atoms with E-state index in [1.807, 2.05) is 13.8 Å². The third-order valence-electron chi connectivity index (χ3n) is 6.86. The summed E-state index contributed by atoms with van der Waals surface area (Å²) in [4.78, 5) is 62.2. The quantitative estimate of drug-likeness (QED) is 0.0591. The molecule has 11 nitrogen and oxygen atoms in total. The van der Waals surface area contributed by atoms with E-state index in [0.29, 0.717) is 25.6 Å². The number of alkyl carbamates (subject to hydrolysis) is 1. The molecular weight excluding hydrogens is 590 g/mol. The van der Waals surface area contributed by atoms with Crippen LogP contribution in [0.5, 0.6) is 0 Å². The number of unbranched alkanes of at least 4 members (excludes halogenated alkanes) is 3. The number of amides is 1. The highest BCUT2D eigenvalue weighted by Crippen LogP contribution is 2.41. The number of hydrogen-bond acceptors (Lipinski definition) is 11. The summed E-state index contributed by atoms with van der Waals surface area (Å²) >= 11 is 1.06. The van der Waals surface area contributed by atoms with Gasteiger partial charge in [-0.25, -0.2) is 9.59 Å². The van der Waals surface area contributed by atoms with Gasteiger partial charge in [0.25, 0.3) is 0 Å². The van der Waals surface area contributed by atoms with Gasteiger partial charge in [0.15, 0.2) is 0 Å². The fraction of sp³-hybridized carbons (Fsp3) is 0.781. The Labute approximate surface area is 267 Å². The topological polar surface area (TPSA) is 144 Å². The largest absolute Gasteiger partial charge is 0.465 e. The predicted octanol–water partition coefficient (Wildman–Crippen LogP) is 5.78. The molecule has 0 heterocycles. The molecule has 0 aliphatic heterocycles. The van der Waals surface area contributed by atoms with Gasteiger partial charge in [-0.3, -0.25) is 14.4 Å². The molecule has 0 aromatic carbocycles. The number of carbonyl (C=O) groups is 5. The second-order valence-electron chi connectivity index (χ2n) is 11.7. The highest BCUT2D eigenvalue weighted by Gasteiger charge is 2.46. The predicted molar refractivity (Wildman–Crippen MR) is 170 cm³/mol. The molecule has 0 aromatic rings. The summed E-state index contributed by atoms with van der Waals surface area (Å²) < 4.78 is 24.9. The Hall–Kier alpha value is -2.76. The van der Waals surface area contributed by atoms with Crippen molar-refractivity contribution < 1.29 is 47.7 Å². The van der Waals surface area contributed by atoms with E-state index >= 15 is 0 Å². The Kier molecular flexibility index (Phi) is 21.3. The van der Waals surface area contributed by atoms with Crippen LogP contribution in [-0.4, -0.2) is 80.0 Å². The number of carbonyl (C=O) groups excluding carboxylic acids is 5. The molecule has 0 aliphatic rings. The number of rotatable bonds is 24. The van der Waals surface area contributed by atoms with Crippen molar-refractivity contribution in [1.29, 1.82) is 0 Å². The molecule has 0 radical (unpaired) electrons. The lowest BCUT2D eigenvalue weighted by molar-refractivity contribution is -0.158. The van der Waals surface area contributed by atoms with Crippen molar-refractivity contribution in [3.05, 3.63) is 12.2 Å². The number of ether oxygens (including phenoxy) is 5. The summed E-state index contributed by atoms with van der Waals surface area (Å²) in [6.07, 6.45) is 5.26. The number of nitrogens with one attached hydrogen (secondary N) is 1. The van der Waals surface area contributed by atoms with Crippen LogP contribution < -0.4 is 5.32 Å².